The predicted molar refractivity (Wildman–Crippen MR) is 295 cm³/mol. The van der Waals surface area contributed by atoms with Crippen molar-refractivity contribution in [1.82, 2.24) is 0 Å². The van der Waals surface area contributed by atoms with Gasteiger partial charge in [-0.25, -0.2) is 0 Å². The number of benzene rings is 9. The maximum Gasteiger partial charge on any atom is 0.143 e. The first-order valence-electron chi connectivity index (χ1n) is 25.9. The molecule has 10 aromatic rings. The second-order valence-electron chi connectivity index (χ2n) is 21.7. The van der Waals surface area contributed by atoms with Crippen molar-refractivity contribution in [2.45, 2.75) is 49.5 Å². The Labute approximate surface area is 420 Å². The molecule has 0 radical (unpaired) electrons. The van der Waals surface area contributed by atoms with E-state index < -0.39 is 21.8 Å². The van der Waals surface area contributed by atoms with E-state index in [1.54, 1.807) is 0 Å². The highest BCUT2D eigenvalue weighted by atomic mass is 16.3. The van der Waals surface area contributed by atoms with Crippen molar-refractivity contribution in [3.8, 4) is 22.3 Å². The van der Waals surface area contributed by atoms with E-state index in [1.165, 1.54) is 117 Å². The molecule has 0 saturated heterocycles. The lowest BCUT2D eigenvalue weighted by Gasteiger charge is -2.57. The molecular formula is C70H51NO. The van der Waals surface area contributed by atoms with Gasteiger partial charge in [-0.1, -0.05) is 214 Å². The van der Waals surface area contributed by atoms with Crippen LogP contribution in [0, 0.1) is 11.8 Å². The molecule has 2 heterocycles. The molecule has 1 aliphatic heterocycles. The molecule has 2 bridgehead atoms. The summed E-state index contributed by atoms with van der Waals surface area (Å²) in [5.41, 5.74) is 25.3. The zero-order valence-corrected chi connectivity index (χ0v) is 40.9. The number of hydrogen-bond donors (Lipinski definition) is 0. The van der Waals surface area contributed by atoms with Crippen LogP contribution < -0.4 is 4.90 Å². The molecule has 342 valence electrons. The van der Waals surface area contributed by atoms with E-state index in [-0.39, 0.29) is 11.8 Å². The van der Waals surface area contributed by atoms with Crippen molar-refractivity contribution in [1.29, 1.82) is 0 Å². The van der Waals surface area contributed by atoms with Crippen molar-refractivity contribution in [2.75, 3.05) is 4.90 Å². The monoisotopic (exact) mass is 921 g/mol. The first-order valence-corrected chi connectivity index (χ1v) is 25.9. The van der Waals surface area contributed by atoms with Crippen molar-refractivity contribution in [3.63, 3.8) is 0 Å². The van der Waals surface area contributed by atoms with Gasteiger partial charge in [0, 0.05) is 50.5 Å². The minimum atomic E-state index is -0.586. The molecule has 1 aromatic heterocycles. The summed E-state index contributed by atoms with van der Waals surface area (Å²) in [7, 11) is 0. The van der Waals surface area contributed by atoms with Gasteiger partial charge in [-0.05, 0) is 122 Å². The third-order valence-corrected chi connectivity index (χ3v) is 18.6. The van der Waals surface area contributed by atoms with Crippen LogP contribution >= 0.6 is 0 Å². The number of hydrogen-bond acceptors (Lipinski definition) is 2. The first kappa shape index (κ1) is 40.5. The topological polar surface area (TPSA) is 16.4 Å². The van der Waals surface area contributed by atoms with Gasteiger partial charge in [0.25, 0.3) is 0 Å². The number of fused-ring (bicyclic) bond motifs is 11. The highest BCUT2D eigenvalue weighted by molar-refractivity contribution is 6.13. The largest absolute Gasteiger partial charge is 0.455 e. The van der Waals surface area contributed by atoms with Gasteiger partial charge in [-0.3, -0.25) is 0 Å². The number of nitrogens with zero attached hydrogens (tertiary/aromatic N) is 1. The Hall–Kier alpha value is -8.20. The quantitative estimate of drug-likeness (QED) is 0.164. The average Bonchev–Trinajstić information content (AvgIpc) is 4.14. The lowest BCUT2D eigenvalue weighted by Crippen LogP contribution is -2.54. The Morgan fingerprint density at radius 1 is 0.431 bits per heavy atom. The Balaban J connectivity index is 1.07. The van der Waals surface area contributed by atoms with Gasteiger partial charge in [0.1, 0.15) is 11.2 Å². The molecule has 1 spiro atoms. The van der Waals surface area contributed by atoms with E-state index in [2.05, 4.69) is 257 Å². The van der Waals surface area contributed by atoms with Gasteiger partial charge in [-0.2, -0.15) is 0 Å². The average molecular weight is 922 g/mol. The minimum absolute atomic E-state index is 0.0530. The third kappa shape index (κ3) is 4.56. The Morgan fingerprint density at radius 3 is 1.75 bits per heavy atom. The van der Waals surface area contributed by atoms with Crippen LogP contribution in [0.5, 0.6) is 0 Å². The van der Waals surface area contributed by atoms with Gasteiger partial charge in [0.05, 0.1) is 16.4 Å². The second kappa shape index (κ2) is 13.8. The molecule has 5 aliphatic carbocycles. The van der Waals surface area contributed by atoms with Gasteiger partial charge >= 0.3 is 0 Å². The molecule has 0 fully saturated rings. The fraction of sp³-hybridized carbons (Fsp3) is 0.143. The molecule has 9 aromatic carbocycles. The van der Waals surface area contributed by atoms with Gasteiger partial charge in [0.2, 0.25) is 0 Å². The van der Waals surface area contributed by atoms with Gasteiger partial charge < -0.3 is 9.32 Å². The lowest BCUT2D eigenvalue weighted by molar-refractivity contribution is 0.459. The lowest BCUT2D eigenvalue weighted by atomic mass is 9.52. The third-order valence-electron chi connectivity index (χ3n) is 18.6. The summed E-state index contributed by atoms with van der Waals surface area (Å²) in [5, 5.41) is 2.35. The molecule has 2 heteroatoms. The molecule has 2 nitrogen and oxygen atoms in total. The summed E-state index contributed by atoms with van der Waals surface area (Å²) >= 11 is 0. The minimum Gasteiger partial charge on any atom is -0.455 e. The second-order valence-corrected chi connectivity index (χ2v) is 21.7. The van der Waals surface area contributed by atoms with Crippen LogP contribution in [0.3, 0.4) is 0 Å². The molecule has 5 unspecified atom stereocenters. The van der Waals surface area contributed by atoms with E-state index in [4.69, 9.17) is 4.42 Å². The molecule has 0 amide bonds. The Bertz CT molecular complexity index is 4070. The van der Waals surface area contributed by atoms with Gasteiger partial charge in [0.15, 0.2) is 0 Å². The van der Waals surface area contributed by atoms with Crippen LogP contribution in [0.25, 0.3) is 49.8 Å². The highest BCUT2D eigenvalue weighted by Crippen LogP contribution is 2.73. The number of anilines is 2. The molecule has 6 aliphatic rings. The number of furan rings is 1. The van der Waals surface area contributed by atoms with Crippen molar-refractivity contribution in [2.24, 2.45) is 11.8 Å². The first-order chi connectivity index (χ1) is 35.3. The Morgan fingerprint density at radius 2 is 1.03 bits per heavy atom. The van der Waals surface area contributed by atoms with Crippen LogP contribution in [0.1, 0.15) is 77.8 Å². The fourth-order valence-corrected chi connectivity index (χ4v) is 16.1. The van der Waals surface area contributed by atoms with E-state index in [0.29, 0.717) is 0 Å². The predicted octanol–water partition coefficient (Wildman–Crippen LogP) is 17.1. The SMILES string of the molecule is CC1C2=C3C(C)C4=C1C(C)(c1ccccc1)C=CC4(C)N(c1ccc4c(c1)C(c1ccccc1)(c1ccccc1)c1ccccc1-4)c1cccc4c1C3(c1ccccc1-4)c1ccc3c(oc4ccccc43)c12. The molecule has 0 saturated carbocycles. The molecule has 16 rings (SSSR count). The molecule has 0 N–H and O–H groups in total. The zero-order chi connectivity index (χ0) is 47.9. The summed E-state index contributed by atoms with van der Waals surface area (Å²) in [6, 6.07) is 80.5. The van der Waals surface area contributed by atoms with Crippen LogP contribution in [0.15, 0.2) is 246 Å². The van der Waals surface area contributed by atoms with E-state index >= 15 is 0 Å². The summed E-state index contributed by atoms with van der Waals surface area (Å²) in [4.78, 5) is 2.79. The van der Waals surface area contributed by atoms with Crippen LogP contribution in [-0.2, 0) is 16.2 Å². The number of rotatable bonds is 4. The van der Waals surface area contributed by atoms with Crippen LogP contribution in [-0.4, -0.2) is 5.54 Å². The van der Waals surface area contributed by atoms with Crippen molar-refractivity contribution in [3.05, 3.63) is 291 Å². The standard InChI is InChI=1S/C70H51NO/c1-42-60-61-56(38-37-53-51-29-16-19-34-59(51)72-66(53)61)70-55-32-18-15-28-49(55)52-30-20-33-58(65(52)70)71(68(4)40-39-67(3,44-21-8-5-9-22-44)63(42)64(68)43(2)62(60)70)47-35-36-50-48-27-14-17-31-54(48)69(57(50)41-47,45-23-10-6-11-24-45)46-25-12-7-13-26-46/h5-43H,1-4H3. The maximum atomic E-state index is 7.22. The number of para-hydroxylation sites is 1. The summed E-state index contributed by atoms with van der Waals surface area (Å²) in [6.07, 6.45) is 5.18. The maximum absolute atomic E-state index is 7.22. The fourth-order valence-electron chi connectivity index (χ4n) is 16.1. The van der Waals surface area contributed by atoms with Crippen molar-refractivity contribution >= 4 is 38.9 Å². The smallest absolute Gasteiger partial charge is 0.143 e. The number of allylic oxidation sites excluding steroid dienone is 4. The molecular weight excluding hydrogens is 871 g/mol. The van der Waals surface area contributed by atoms with Gasteiger partial charge in [-0.15, -0.1) is 0 Å². The normalized spacial score (nSPS) is 24.2. The van der Waals surface area contributed by atoms with E-state index in [9.17, 15) is 0 Å². The summed E-state index contributed by atoms with van der Waals surface area (Å²) in [6.45, 7) is 10.1. The van der Waals surface area contributed by atoms with Crippen LogP contribution in [0.2, 0.25) is 0 Å². The Kier molecular flexibility index (Phi) is 7.77. The summed E-state index contributed by atoms with van der Waals surface area (Å²) in [5.74, 6) is 0.108. The van der Waals surface area contributed by atoms with E-state index in [1.807, 2.05) is 0 Å². The molecule has 5 atom stereocenters. The summed E-state index contributed by atoms with van der Waals surface area (Å²) < 4.78 is 7.22. The zero-order valence-electron chi connectivity index (χ0n) is 40.9. The van der Waals surface area contributed by atoms with Crippen LogP contribution in [0.4, 0.5) is 11.4 Å². The van der Waals surface area contributed by atoms with Crippen molar-refractivity contribution < 1.29 is 4.42 Å². The van der Waals surface area contributed by atoms with E-state index in [0.717, 1.165) is 11.2 Å². The molecule has 72 heavy (non-hydrogen) atoms. The highest BCUT2D eigenvalue weighted by Gasteiger charge is 2.64.